The van der Waals surface area contributed by atoms with Crippen molar-refractivity contribution in [3.05, 3.63) is 88.7 Å². The molecular formula is C29H36N6O. The number of likely N-dealkylation sites (tertiary alicyclic amines) is 2. The molecule has 3 N–H and O–H groups in total. The quantitative estimate of drug-likeness (QED) is 0.506. The second-order valence-electron chi connectivity index (χ2n) is 10.2. The van der Waals surface area contributed by atoms with Gasteiger partial charge in [0.1, 0.15) is 0 Å². The van der Waals surface area contributed by atoms with E-state index in [0.29, 0.717) is 29.9 Å². The van der Waals surface area contributed by atoms with Crippen molar-refractivity contribution < 1.29 is 4.79 Å². The number of carbonyl (C=O) groups is 1. The Hall–Kier alpha value is -3.29. The van der Waals surface area contributed by atoms with Crippen LogP contribution in [0, 0.1) is 25.7 Å². The maximum atomic E-state index is 13.5. The van der Waals surface area contributed by atoms with E-state index < -0.39 is 0 Å². The smallest absolute Gasteiger partial charge is 0.257 e. The number of nitrogens with two attached hydrogens (primary N) is 1. The van der Waals surface area contributed by atoms with Gasteiger partial charge in [0.2, 0.25) is 5.95 Å². The minimum Gasteiger partial charge on any atom is -0.350 e. The highest BCUT2D eigenvalue weighted by atomic mass is 16.2. The zero-order chi connectivity index (χ0) is 25.1. The van der Waals surface area contributed by atoms with Crippen LogP contribution in [0.25, 0.3) is 0 Å². The molecule has 2 saturated heterocycles. The first-order valence-electron chi connectivity index (χ1n) is 12.9. The minimum atomic E-state index is 0.0617. The molecule has 5 rings (SSSR count). The van der Waals surface area contributed by atoms with E-state index >= 15 is 0 Å². The average Bonchev–Trinajstić information content (AvgIpc) is 3.46. The molecule has 0 radical (unpaired) electrons. The van der Waals surface area contributed by atoms with Crippen LogP contribution in [0.5, 0.6) is 0 Å². The summed E-state index contributed by atoms with van der Waals surface area (Å²) in [5.74, 6) is 1.67. The molecule has 0 saturated carbocycles. The number of nitrogens with one attached hydrogen (secondary N) is 1. The Morgan fingerprint density at radius 2 is 1.53 bits per heavy atom. The molecule has 2 aromatic carbocycles. The predicted molar refractivity (Wildman–Crippen MR) is 143 cm³/mol. The first-order valence-corrected chi connectivity index (χ1v) is 12.9. The number of hydrogen-bond acceptors (Lipinski definition) is 6. The van der Waals surface area contributed by atoms with E-state index in [9.17, 15) is 4.79 Å². The first kappa shape index (κ1) is 24.4. The van der Waals surface area contributed by atoms with E-state index in [-0.39, 0.29) is 11.9 Å². The number of rotatable bonds is 8. The number of amides is 1. The van der Waals surface area contributed by atoms with Gasteiger partial charge in [-0.15, -0.1) is 0 Å². The number of aryl methyl sites for hydroxylation is 2. The highest BCUT2D eigenvalue weighted by molar-refractivity contribution is 5.96. The molecule has 1 amide bonds. The van der Waals surface area contributed by atoms with Gasteiger partial charge in [-0.1, -0.05) is 60.7 Å². The highest BCUT2D eigenvalue weighted by Crippen LogP contribution is 2.33. The Kier molecular flexibility index (Phi) is 7.30. The van der Waals surface area contributed by atoms with E-state index in [1.54, 1.807) is 0 Å². The average molecular weight is 485 g/mol. The Balaban J connectivity index is 1.15. The van der Waals surface area contributed by atoms with Crippen LogP contribution in [0.2, 0.25) is 0 Å². The van der Waals surface area contributed by atoms with E-state index in [0.717, 1.165) is 56.1 Å². The fourth-order valence-electron chi connectivity index (χ4n) is 5.67. The van der Waals surface area contributed by atoms with Crippen molar-refractivity contribution in [2.45, 2.75) is 32.9 Å². The third-order valence-corrected chi connectivity index (χ3v) is 7.61. The zero-order valence-electron chi connectivity index (χ0n) is 21.2. The van der Waals surface area contributed by atoms with E-state index in [2.05, 4.69) is 44.5 Å². The van der Waals surface area contributed by atoms with Crippen molar-refractivity contribution in [3.63, 3.8) is 0 Å². The van der Waals surface area contributed by atoms with Crippen molar-refractivity contribution in [2.24, 2.45) is 17.6 Å². The van der Waals surface area contributed by atoms with Crippen LogP contribution in [-0.2, 0) is 6.54 Å². The molecule has 0 bridgehead atoms. The normalized spacial score (nSPS) is 20.4. The van der Waals surface area contributed by atoms with Crippen LogP contribution in [0.15, 0.2) is 60.7 Å². The SMILES string of the molecule is Cc1nc(NCc2ccccc2)nc(C)c1C(=O)N1CC2CN(CC[C@H](N)c3ccccc3)CC2C1. The third kappa shape index (κ3) is 5.42. The summed E-state index contributed by atoms with van der Waals surface area (Å²) in [5, 5.41) is 3.28. The lowest BCUT2D eigenvalue weighted by molar-refractivity contribution is 0.0771. The fraction of sp³-hybridized carbons (Fsp3) is 0.414. The number of benzene rings is 2. The lowest BCUT2D eigenvalue weighted by atomic mass is 10.0. The maximum Gasteiger partial charge on any atom is 0.257 e. The Labute approximate surface area is 213 Å². The lowest BCUT2D eigenvalue weighted by Gasteiger charge is -2.23. The van der Waals surface area contributed by atoms with Gasteiger partial charge in [-0.05, 0) is 49.8 Å². The summed E-state index contributed by atoms with van der Waals surface area (Å²) in [7, 11) is 0. The molecule has 2 aliphatic heterocycles. The number of hydrogen-bond donors (Lipinski definition) is 2. The number of anilines is 1. The lowest BCUT2D eigenvalue weighted by Crippen LogP contribution is -2.35. The van der Waals surface area contributed by atoms with Crippen LogP contribution in [0.4, 0.5) is 5.95 Å². The molecule has 3 aromatic rings. The molecule has 36 heavy (non-hydrogen) atoms. The minimum absolute atomic E-state index is 0.0617. The molecule has 188 valence electrons. The molecule has 7 nitrogen and oxygen atoms in total. The molecule has 0 spiro atoms. The number of aromatic nitrogens is 2. The second kappa shape index (κ2) is 10.8. The molecule has 2 fully saturated rings. The van der Waals surface area contributed by atoms with Gasteiger partial charge in [0.25, 0.3) is 5.91 Å². The summed E-state index contributed by atoms with van der Waals surface area (Å²) in [6.07, 6.45) is 0.951. The second-order valence-corrected chi connectivity index (χ2v) is 10.2. The van der Waals surface area contributed by atoms with Crippen molar-refractivity contribution >= 4 is 11.9 Å². The zero-order valence-corrected chi connectivity index (χ0v) is 21.2. The largest absolute Gasteiger partial charge is 0.350 e. The Morgan fingerprint density at radius 1 is 0.944 bits per heavy atom. The summed E-state index contributed by atoms with van der Waals surface area (Å²) >= 11 is 0. The molecule has 0 aliphatic carbocycles. The molecule has 7 heteroatoms. The van der Waals surface area contributed by atoms with Gasteiger partial charge in [-0.3, -0.25) is 4.79 Å². The monoisotopic (exact) mass is 484 g/mol. The van der Waals surface area contributed by atoms with Gasteiger partial charge < -0.3 is 20.9 Å². The molecule has 2 unspecified atom stereocenters. The molecular weight excluding hydrogens is 448 g/mol. The molecule has 3 heterocycles. The number of fused-ring (bicyclic) bond motifs is 1. The van der Waals surface area contributed by atoms with Crippen LogP contribution in [0.1, 0.15) is 45.3 Å². The first-order chi connectivity index (χ1) is 17.5. The van der Waals surface area contributed by atoms with E-state index in [4.69, 9.17) is 5.73 Å². The summed E-state index contributed by atoms with van der Waals surface area (Å²) < 4.78 is 0. The van der Waals surface area contributed by atoms with Crippen molar-refractivity contribution in [2.75, 3.05) is 38.0 Å². The summed E-state index contributed by atoms with van der Waals surface area (Å²) in [6, 6.07) is 20.5. The van der Waals surface area contributed by atoms with Gasteiger partial charge in [-0.25, -0.2) is 9.97 Å². The third-order valence-electron chi connectivity index (χ3n) is 7.61. The molecule has 2 aliphatic rings. The summed E-state index contributed by atoms with van der Waals surface area (Å²) in [5.41, 5.74) is 10.9. The van der Waals surface area contributed by atoms with Crippen LogP contribution < -0.4 is 11.1 Å². The topological polar surface area (TPSA) is 87.4 Å². The van der Waals surface area contributed by atoms with Crippen LogP contribution >= 0.6 is 0 Å². The number of nitrogens with zero attached hydrogens (tertiary/aromatic N) is 4. The van der Waals surface area contributed by atoms with Gasteiger partial charge in [0.05, 0.1) is 17.0 Å². The summed E-state index contributed by atoms with van der Waals surface area (Å²) in [6.45, 7) is 9.14. The van der Waals surface area contributed by atoms with Gasteiger partial charge in [-0.2, -0.15) is 0 Å². The maximum absolute atomic E-state index is 13.5. The Morgan fingerprint density at radius 3 is 2.14 bits per heavy atom. The number of carbonyl (C=O) groups excluding carboxylic acids is 1. The van der Waals surface area contributed by atoms with Crippen molar-refractivity contribution in [1.29, 1.82) is 0 Å². The van der Waals surface area contributed by atoms with Crippen LogP contribution in [0.3, 0.4) is 0 Å². The highest BCUT2D eigenvalue weighted by Gasteiger charge is 2.42. The van der Waals surface area contributed by atoms with Crippen LogP contribution in [-0.4, -0.2) is 58.4 Å². The summed E-state index contributed by atoms with van der Waals surface area (Å²) in [4.78, 5) is 27.2. The molecule has 3 atom stereocenters. The fourth-order valence-corrected chi connectivity index (χ4v) is 5.67. The van der Waals surface area contributed by atoms with Gasteiger partial charge in [0.15, 0.2) is 0 Å². The van der Waals surface area contributed by atoms with Crippen molar-refractivity contribution in [1.82, 2.24) is 19.8 Å². The standard InChI is InChI=1S/C29H36N6O/c1-20-27(21(2)33-29(32-20)31-15-22-9-5-3-6-10-22)28(36)35-18-24-16-34(17-25(24)19-35)14-13-26(30)23-11-7-4-8-12-23/h3-12,24-26H,13-19,30H2,1-2H3,(H,31,32,33)/t24?,25?,26-/m0/s1. The van der Waals surface area contributed by atoms with E-state index in [1.807, 2.05) is 55.1 Å². The van der Waals surface area contributed by atoms with Crippen molar-refractivity contribution in [3.8, 4) is 0 Å². The van der Waals surface area contributed by atoms with E-state index in [1.165, 1.54) is 5.56 Å². The predicted octanol–water partition coefficient (Wildman–Crippen LogP) is 3.80. The van der Waals surface area contributed by atoms with Gasteiger partial charge in [0, 0.05) is 38.8 Å². The van der Waals surface area contributed by atoms with Gasteiger partial charge >= 0.3 is 0 Å². The molecule has 1 aromatic heterocycles. The Bertz CT molecular complexity index is 1150.